The summed E-state index contributed by atoms with van der Waals surface area (Å²) in [6.07, 6.45) is 5.22. The molecule has 1 fully saturated rings. The van der Waals surface area contributed by atoms with Gasteiger partial charge < -0.3 is 16.6 Å². The summed E-state index contributed by atoms with van der Waals surface area (Å²) in [4.78, 5) is 0. The Morgan fingerprint density at radius 3 is 2.12 bits per heavy atom. The Kier molecular flexibility index (Phi) is 5.90. The summed E-state index contributed by atoms with van der Waals surface area (Å²) in [6.45, 7) is 6.47. The first-order chi connectivity index (χ1) is 8.02. The first-order valence-electron chi connectivity index (χ1n) is 7.22. The van der Waals surface area contributed by atoms with Crippen molar-refractivity contribution in [2.75, 3.05) is 0 Å². The van der Waals surface area contributed by atoms with E-state index in [1.807, 2.05) is 0 Å². The normalized spacial score (nSPS) is 35.5. The Morgan fingerprint density at radius 1 is 1.24 bits per heavy atom. The van der Waals surface area contributed by atoms with E-state index in [9.17, 15) is 5.11 Å². The molecule has 0 aromatic rings. The Hall–Kier alpha value is -0.120. The second-order valence-electron chi connectivity index (χ2n) is 5.86. The average Bonchev–Trinajstić information content (AvgIpc) is 2.52. The third-order valence-electron chi connectivity index (χ3n) is 4.42. The second-order valence-corrected chi connectivity index (χ2v) is 5.86. The van der Waals surface area contributed by atoms with Crippen LogP contribution in [0.15, 0.2) is 0 Å². The summed E-state index contributed by atoms with van der Waals surface area (Å²) in [6, 6.07) is 0.135. The molecular formula is C14H30N2O. The molecule has 0 aliphatic heterocycles. The van der Waals surface area contributed by atoms with Gasteiger partial charge in [0.05, 0.1) is 6.10 Å². The minimum atomic E-state index is -0.309. The summed E-state index contributed by atoms with van der Waals surface area (Å²) < 4.78 is 0. The third-order valence-corrected chi connectivity index (χ3v) is 4.42. The molecule has 1 aliphatic carbocycles. The van der Waals surface area contributed by atoms with Gasteiger partial charge in [0.25, 0.3) is 0 Å². The molecule has 102 valence electrons. The molecule has 0 saturated heterocycles. The summed E-state index contributed by atoms with van der Waals surface area (Å²) >= 11 is 0. The summed E-state index contributed by atoms with van der Waals surface area (Å²) in [7, 11) is 0. The number of hydrogen-bond acceptors (Lipinski definition) is 3. The quantitative estimate of drug-likeness (QED) is 0.666. The predicted octanol–water partition coefficient (Wildman–Crippen LogP) is 1.87. The van der Waals surface area contributed by atoms with E-state index in [-0.39, 0.29) is 24.1 Å². The molecule has 3 heteroatoms. The third kappa shape index (κ3) is 3.43. The molecule has 0 bridgehead atoms. The maximum absolute atomic E-state index is 10.2. The van der Waals surface area contributed by atoms with Crippen LogP contribution in [-0.4, -0.2) is 23.3 Å². The lowest BCUT2D eigenvalue weighted by atomic mass is 9.80. The van der Waals surface area contributed by atoms with Gasteiger partial charge in [-0.25, -0.2) is 0 Å². The highest BCUT2D eigenvalue weighted by molar-refractivity contribution is 4.98. The molecule has 1 aliphatic rings. The lowest BCUT2D eigenvalue weighted by Crippen LogP contribution is -2.48. The summed E-state index contributed by atoms with van der Waals surface area (Å²) in [5.74, 6) is 0.902. The number of nitrogens with two attached hydrogens (primary N) is 2. The largest absolute Gasteiger partial charge is 0.392 e. The SMILES string of the molecule is CCCC(CCC)C(N)[C@@H]1[C@H](O)[C@@H](C)C[C@H]1N. The number of hydrogen-bond donors (Lipinski definition) is 3. The van der Waals surface area contributed by atoms with Crippen molar-refractivity contribution in [3.63, 3.8) is 0 Å². The van der Waals surface area contributed by atoms with Crippen LogP contribution in [0.1, 0.15) is 52.9 Å². The van der Waals surface area contributed by atoms with Crippen LogP contribution in [0.3, 0.4) is 0 Å². The molecule has 0 heterocycles. The minimum absolute atomic E-state index is 0.0600. The van der Waals surface area contributed by atoms with Gasteiger partial charge in [-0.15, -0.1) is 0 Å². The molecule has 5 N–H and O–H groups in total. The number of aliphatic hydroxyl groups excluding tert-OH is 1. The Balaban J connectivity index is 2.68. The van der Waals surface area contributed by atoms with Crippen LogP contribution in [-0.2, 0) is 0 Å². The van der Waals surface area contributed by atoms with E-state index in [4.69, 9.17) is 11.5 Å². The Bertz CT molecular complexity index is 216. The first kappa shape index (κ1) is 14.9. The Morgan fingerprint density at radius 2 is 1.76 bits per heavy atom. The van der Waals surface area contributed by atoms with Crippen molar-refractivity contribution in [1.29, 1.82) is 0 Å². The van der Waals surface area contributed by atoms with E-state index in [0.29, 0.717) is 11.8 Å². The van der Waals surface area contributed by atoms with Crippen molar-refractivity contribution in [2.45, 2.75) is 71.1 Å². The zero-order valence-electron chi connectivity index (χ0n) is 11.6. The maximum Gasteiger partial charge on any atom is 0.0624 e. The van der Waals surface area contributed by atoms with E-state index in [2.05, 4.69) is 20.8 Å². The molecule has 0 radical (unpaired) electrons. The highest BCUT2D eigenvalue weighted by atomic mass is 16.3. The molecule has 1 unspecified atom stereocenters. The van der Waals surface area contributed by atoms with Crippen LogP contribution >= 0.6 is 0 Å². The van der Waals surface area contributed by atoms with Crippen LogP contribution in [0.25, 0.3) is 0 Å². The van der Waals surface area contributed by atoms with E-state index >= 15 is 0 Å². The van der Waals surface area contributed by atoms with Gasteiger partial charge in [-0.05, 0) is 31.1 Å². The van der Waals surface area contributed by atoms with Gasteiger partial charge >= 0.3 is 0 Å². The topological polar surface area (TPSA) is 72.3 Å². The fourth-order valence-electron chi connectivity index (χ4n) is 3.46. The van der Waals surface area contributed by atoms with E-state index < -0.39 is 0 Å². The van der Waals surface area contributed by atoms with Gasteiger partial charge in [0, 0.05) is 18.0 Å². The van der Waals surface area contributed by atoms with Crippen LogP contribution in [0.5, 0.6) is 0 Å². The van der Waals surface area contributed by atoms with Crippen LogP contribution < -0.4 is 11.5 Å². The van der Waals surface area contributed by atoms with Crippen LogP contribution in [0, 0.1) is 17.8 Å². The molecule has 17 heavy (non-hydrogen) atoms. The van der Waals surface area contributed by atoms with Crippen molar-refractivity contribution in [1.82, 2.24) is 0 Å². The van der Waals surface area contributed by atoms with Gasteiger partial charge in [-0.2, -0.15) is 0 Å². The zero-order chi connectivity index (χ0) is 13.0. The Labute approximate surface area is 106 Å². The average molecular weight is 242 g/mol. The smallest absolute Gasteiger partial charge is 0.0624 e. The van der Waals surface area contributed by atoms with Crippen molar-refractivity contribution < 1.29 is 5.11 Å². The fourth-order valence-corrected chi connectivity index (χ4v) is 3.46. The van der Waals surface area contributed by atoms with Crippen molar-refractivity contribution in [3.05, 3.63) is 0 Å². The highest BCUT2D eigenvalue weighted by Gasteiger charge is 2.43. The van der Waals surface area contributed by atoms with Gasteiger partial charge in [-0.3, -0.25) is 0 Å². The monoisotopic (exact) mass is 242 g/mol. The van der Waals surface area contributed by atoms with Crippen molar-refractivity contribution in [2.24, 2.45) is 29.2 Å². The highest BCUT2D eigenvalue weighted by Crippen LogP contribution is 2.35. The molecule has 0 spiro atoms. The molecule has 0 amide bonds. The second kappa shape index (κ2) is 6.72. The minimum Gasteiger partial charge on any atom is -0.392 e. The number of aliphatic hydroxyl groups is 1. The van der Waals surface area contributed by atoms with Gasteiger partial charge in [-0.1, -0.05) is 33.6 Å². The molecule has 0 aromatic heterocycles. The standard InChI is InChI=1S/C14H30N2O/c1-4-6-10(7-5-2)13(16)12-11(15)8-9(3)14(12)17/h9-14,17H,4-8,15-16H2,1-3H3/t9-,11+,12+,13?,14+/m0/s1. The maximum atomic E-state index is 10.2. The molecular weight excluding hydrogens is 212 g/mol. The van der Waals surface area contributed by atoms with Gasteiger partial charge in [0.1, 0.15) is 0 Å². The van der Waals surface area contributed by atoms with Crippen molar-refractivity contribution >= 4 is 0 Å². The van der Waals surface area contributed by atoms with Crippen molar-refractivity contribution in [3.8, 4) is 0 Å². The first-order valence-corrected chi connectivity index (χ1v) is 7.22. The van der Waals surface area contributed by atoms with Crippen LogP contribution in [0.4, 0.5) is 0 Å². The van der Waals surface area contributed by atoms with E-state index in [1.165, 1.54) is 0 Å². The lowest BCUT2D eigenvalue weighted by molar-refractivity contribution is 0.0684. The van der Waals surface area contributed by atoms with Gasteiger partial charge in [0.15, 0.2) is 0 Å². The zero-order valence-corrected chi connectivity index (χ0v) is 11.6. The number of rotatable bonds is 6. The van der Waals surface area contributed by atoms with E-state index in [0.717, 1.165) is 32.1 Å². The summed E-state index contributed by atoms with van der Waals surface area (Å²) in [5.41, 5.74) is 12.5. The van der Waals surface area contributed by atoms with Crippen LogP contribution in [0.2, 0.25) is 0 Å². The lowest BCUT2D eigenvalue weighted by Gasteiger charge is -2.33. The summed E-state index contributed by atoms with van der Waals surface area (Å²) in [5, 5.41) is 10.2. The molecule has 5 atom stereocenters. The predicted molar refractivity (Wildman–Crippen MR) is 72.5 cm³/mol. The van der Waals surface area contributed by atoms with Gasteiger partial charge in [0.2, 0.25) is 0 Å². The molecule has 1 saturated carbocycles. The molecule has 3 nitrogen and oxygen atoms in total. The van der Waals surface area contributed by atoms with E-state index in [1.54, 1.807) is 0 Å². The molecule has 1 rings (SSSR count). The molecule has 0 aromatic carbocycles. The fraction of sp³-hybridized carbons (Fsp3) is 1.00.